The summed E-state index contributed by atoms with van der Waals surface area (Å²) in [4.78, 5) is 12.4. The molecule has 1 aliphatic carbocycles. The number of aryl methyl sites for hydroxylation is 2. The summed E-state index contributed by atoms with van der Waals surface area (Å²) in [5.74, 6) is -0.230. The van der Waals surface area contributed by atoms with Gasteiger partial charge in [-0.1, -0.05) is 24.3 Å². The number of nitrogens with zero attached hydrogens (tertiary/aromatic N) is 2. The molecule has 1 aromatic carbocycles. The first kappa shape index (κ1) is 13.7. The topological polar surface area (TPSA) is 75.1 Å². The molecule has 2 N–H and O–H groups in total. The van der Waals surface area contributed by atoms with Crippen LogP contribution >= 0.6 is 0 Å². The zero-order valence-corrected chi connectivity index (χ0v) is 12.0. The molecule has 108 valence electrons. The van der Waals surface area contributed by atoms with Crippen LogP contribution in [0.2, 0.25) is 0 Å². The number of benzene rings is 1. The Labute approximate surface area is 123 Å². The van der Waals surface area contributed by atoms with Crippen molar-refractivity contribution in [2.45, 2.75) is 32.4 Å². The number of hydrogen-bond acceptors (Lipinski definition) is 4. The van der Waals surface area contributed by atoms with E-state index < -0.39 is 6.10 Å². The maximum atomic E-state index is 12.4. The van der Waals surface area contributed by atoms with E-state index in [1.807, 2.05) is 24.3 Å². The van der Waals surface area contributed by atoms with E-state index in [4.69, 9.17) is 0 Å². The lowest BCUT2D eigenvalue weighted by Crippen LogP contribution is -2.34. The van der Waals surface area contributed by atoms with Gasteiger partial charge in [-0.2, -0.15) is 10.2 Å². The third-order valence-corrected chi connectivity index (χ3v) is 3.84. The van der Waals surface area contributed by atoms with Crippen LogP contribution in [0.4, 0.5) is 0 Å². The second-order valence-corrected chi connectivity index (χ2v) is 5.41. The van der Waals surface area contributed by atoms with Gasteiger partial charge in [-0.25, -0.2) is 0 Å². The zero-order chi connectivity index (χ0) is 15.0. The highest BCUT2D eigenvalue weighted by atomic mass is 16.3. The lowest BCUT2D eigenvalue weighted by Gasteiger charge is -2.18. The molecule has 1 amide bonds. The van der Waals surface area contributed by atoms with Crippen molar-refractivity contribution in [3.63, 3.8) is 0 Å². The van der Waals surface area contributed by atoms with Gasteiger partial charge in [0.1, 0.15) is 0 Å². The summed E-state index contributed by atoms with van der Waals surface area (Å²) in [6, 6.07) is 9.12. The van der Waals surface area contributed by atoms with Crippen LogP contribution in [0.1, 0.15) is 38.9 Å². The molecule has 21 heavy (non-hydrogen) atoms. The molecule has 5 nitrogen and oxygen atoms in total. The van der Waals surface area contributed by atoms with Crippen LogP contribution in [0.15, 0.2) is 30.3 Å². The molecule has 0 saturated carbocycles. The molecule has 0 bridgehead atoms. The van der Waals surface area contributed by atoms with E-state index in [1.54, 1.807) is 19.9 Å². The van der Waals surface area contributed by atoms with Crippen molar-refractivity contribution >= 4 is 5.91 Å². The lowest BCUT2D eigenvalue weighted by molar-refractivity contribution is 0.0857. The number of hydrogen-bond donors (Lipinski definition) is 2. The molecule has 3 rings (SSSR count). The Bertz CT molecular complexity index is 700. The third kappa shape index (κ3) is 2.52. The minimum absolute atomic E-state index is 0.230. The number of aromatic nitrogens is 2. The SMILES string of the molecule is Cc1cc(C(=O)N[C@H]2c3ccccc3C[C@H]2O)c(C)nn1. The lowest BCUT2D eigenvalue weighted by atomic mass is 10.1. The van der Waals surface area contributed by atoms with E-state index in [-0.39, 0.29) is 11.9 Å². The highest BCUT2D eigenvalue weighted by Crippen LogP contribution is 2.31. The molecule has 1 aliphatic rings. The smallest absolute Gasteiger partial charge is 0.253 e. The summed E-state index contributed by atoms with van der Waals surface area (Å²) in [5, 5.41) is 21.0. The van der Waals surface area contributed by atoms with Gasteiger partial charge in [-0.3, -0.25) is 4.79 Å². The minimum atomic E-state index is -0.595. The fourth-order valence-corrected chi connectivity index (χ4v) is 2.75. The zero-order valence-electron chi connectivity index (χ0n) is 12.0. The quantitative estimate of drug-likeness (QED) is 0.875. The molecule has 2 aromatic rings. The molecule has 5 heteroatoms. The van der Waals surface area contributed by atoms with Gasteiger partial charge < -0.3 is 10.4 Å². The standard InChI is InChI=1S/C16H17N3O2/c1-9-7-13(10(2)19-18-9)16(21)17-15-12-6-4-3-5-11(12)8-14(15)20/h3-7,14-15,20H,8H2,1-2H3,(H,17,21)/t14-,15+/m1/s1. The van der Waals surface area contributed by atoms with Crippen molar-refractivity contribution in [2.24, 2.45) is 0 Å². The summed E-state index contributed by atoms with van der Waals surface area (Å²) in [5.41, 5.74) is 3.84. The Hall–Kier alpha value is -2.27. The number of rotatable bonds is 2. The van der Waals surface area contributed by atoms with Crippen LogP contribution in [-0.4, -0.2) is 27.3 Å². The van der Waals surface area contributed by atoms with Crippen molar-refractivity contribution in [1.82, 2.24) is 15.5 Å². The molecule has 0 aliphatic heterocycles. The van der Waals surface area contributed by atoms with Gasteiger partial charge in [-0.05, 0) is 31.0 Å². The van der Waals surface area contributed by atoms with E-state index in [1.165, 1.54) is 0 Å². The molecule has 1 heterocycles. The fourth-order valence-electron chi connectivity index (χ4n) is 2.75. The maximum Gasteiger partial charge on any atom is 0.253 e. The number of fused-ring (bicyclic) bond motifs is 1. The summed E-state index contributed by atoms with van der Waals surface area (Å²) in [6.45, 7) is 3.54. The first-order valence-electron chi connectivity index (χ1n) is 6.94. The van der Waals surface area contributed by atoms with E-state index in [0.717, 1.165) is 11.1 Å². The van der Waals surface area contributed by atoms with Crippen LogP contribution in [0.25, 0.3) is 0 Å². The number of carbonyl (C=O) groups excluding carboxylic acids is 1. The molecule has 0 fully saturated rings. The summed E-state index contributed by atoms with van der Waals surface area (Å²) < 4.78 is 0. The van der Waals surface area contributed by atoms with Crippen LogP contribution in [-0.2, 0) is 6.42 Å². The first-order valence-corrected chi connectivity index (χ1v) is 6.94. The van der Waals surface area contributed by atoms with Crippen molar-refractivity contribution in [3.8, 4) is 0 Å². The summed E-state index contributed by atoms with van der Waals surface area (Å²) in [6.07, 6.45) is -0.0316. The Morgan fingerprint density at radius 2 is 2.05 bits per heavy atom. The number of carbonyl (C=O) groups is 1. The van der Waals surface area contributed by atoms with Crippen molar-refractivity contribution in [1.29, 1.82) is 0 Å². The average Bonchev–Trinajstić information content (AvgIpc) is 2.78. The molecule has 0 unspecified atom stereocenters. The second-order valence-electron chi connectivity index (χ2n) is 5.41. The number of amides is 1. The van der Waals surface area contributed by atoms with Gasteiger partial charge in [0.2, 0.25) is 0 Å². The van der Waals surface area contributed by atoms with Crippen molar-refractivity contribution in [2.75, 3.05) is 0 Å². The Morgan fingerprint density at radius 3 is 2.86 bits per heavy atom. The van der Waals surface area contributed by atoms with Crippen LogP contribution in [0.3, 0.4) is 0 Å². The Kier molecular flexibility index (Phi) is 3.43. The predicted octanol–water partition coefficient (Wildman–Crippen LogP) is 1.48. The highest BCUT2D eigenvalue weighted by Gasteiger charge is 2.32. The average molecular weight is 283 g/mol. The van der Waals surface area contributed by atoms with E-state index >= 15 is 0 Å². The fraction of sp³-hybridized carbons (Fsp3) is 0.312. The van der Waals surface area contributed by atoms with Gasteiger partial charge in [0.25, 0.3) is 5.91 Å². The van der Waals surface area contributed by atoms with Crippen LogP contribution in [0.5, 0.6) is 0 Å². The molecular formula is C16H17N3O2. The Balaban J connectivity index is 1.87. The molecular weight excluding hydrogens is 266 g/mol. The number of aliphatic hydroxyl groups is 1. The van der Waals surface area contributed by atoms with Gasteiger partial charge in [0.05, 0.1) is 29.1 Å². The van der Waals surface area contributed by atoms with Crippen LogP contribution in [0, 0.1) is 13.8 Å². The monoisotopic (exact) mass is 283 g/mol. The van der Waals surface area contributed by atoms with Crippen molar-refractivity contribution < 1.29 is 9.90 Å². The molecule has 2 atom stereocenters. The normalized spacial score (nSPS) is 20.1. The number of aliphatic hydroxyl groups excluding tert-OH is 1. The van der Waals surface area contributed by atoms with Gasteiger partial charge >= 0.3 is 0 Å². The van der Waals surface area contributed by atoms with Crippen molar-refractivity contribution in [3.05, 3.63) is 58.4 Å². The second kappa shape index (κ2) is 5.26. The van der Waals surface area contributed by atoms with E-state index in [9.17, 15) is 9.90 Å². The minimum Gasteiger partial charge on any atom is -0.390 e. The largest absolute Gasteiger partial charge is 0.390 e. The molecule has 0 saturated heterocycles. The summed E-state index contributed by atoms with van der Waals surface area (Å²) >= 11 is 0. The Morgan fingerprint density at radius 1 is 1.29 bits per heavy atom. The van der Waals surface area contributed by atoms with Crippen LogP contribution < -0.4 is 5.32 Å². The number of nitrogens with one attached hydrogen (secondary N) is 1. The first-order chi connectivity index (χ1) is 10.1. The molecule has 0 spiro atoms. The van der Waals surface area contributed by atoms with Gasteiger partial charge in [0, 0.05) is 6.42 Å². The molecule has 0 radical (unpaired) electrons. The van der Waals surface area contributed by atoms with E-state index in [2.05, 4.69) is 15.5 Å². The molecule has 1 aromatic heterocycles. The van der Waals surface area contributed by atoms with E-state index in [0.29, 0.717) is 23.4 Å². The third-order valence-electron chi connectivity index (χ3n) is 3.84. The maximum absolute atomic E-state index is 12.4. The van der Waals surface area contributed by atoms with Gasteiger partial charge in [0.15, 0.2) is 0 Å². The predicted molar refractivity (Wildman–Crippen MR) is 77.9 cm³/mol. The highest BCUT2D eigenvalue weighted by molar-refractivity contribution is 5.95. The van der Waals surface area contributed by atoms with Gasteiger partial charge in [-0.15, -0.1) is 0 Å². The summed E-state index contributed by atoms with van der Waals surface area (Å²) in [7, 11) is 0.